The van der Waals surface area contributed by atoms with Crippen molar-refractivity contribution in [1.29, 1.82) is 0 Å². The molecule has 0 radical (unpaired) electrons. The molecule has 17 heteroatoms. The maximum Gasteiger partial charge on any atom is 0.329 e. The van der Waals surface area contributed by atoms with E-state index in [-0.39, 0.29) is 32.5 Å². The van der Waals surface area contributed by atoms with Gasteiger partial charge in [0.15, 0.2) is 0 Å². The third-order valence-electron chi connectivity index (χ3n) is 12.1. The zero-order valence-electron chi connectivity index (χ0n) is 36.7. The number of esters is 1. The Morgan fingerprint density at radius 2 is 1.56 bits per heavy atom. The molecule has 0 aromatic heterocycles. The fraction of sp³-hybridized carbons (Fsp3) is 0.578. The maximum atomic E-state index is 15.2. The molecule has 336 valence electrons. The Balaban J connectivity index is 1.36. The van der Waals surface area contributed by atoms with E-state index in [2.05, 4.69) is 21.3 Å². The summed E-state index contributed by atoms with van der Waals surface area (Å²) in [6.07, 6.45) is 0.803. The second kappa shape index (κ2) is 20.5. The summed E-state index contributed by atoms with van der Waals surface area (Å²) >= 11 is 0. The number of carbonyl (C=O) groups excluding carboxylic acids is 7. The van der Waals surface area contributed by atoms with Gasteiger partial charge in [-0.1, -0.05) is 47.5 Å². The summed E-state index contributed by atoms with van der Waals surface area (Å²) in [7, 11) is 3.81. The van der Waals surface area contributed by atoms with Gasteiger partial charge in [-0.3, -0.25) is 24.0 Å². The summed E-state index contributed by atoms with van der Waals surface area (Å²) < 4.78 is 12.2. The van der Waals surface area contributed by atoms with Crippen molar-refractivity contribution >= 4 is 47.2 Å². The molecule has 0 unspecified atom stereocenters. The second-order valence-electron chi connectivity index (χ2n) is 17.3. The van der Waals surface area contributed by atoms with Crippen molar-refractivity contribution in [2.45, 2.75) is 121 Å². The van der Waals surface area contributed by atoms with Crippen LogP contribution >= 0.6 is 0 Å². The largest absolute Gasteiger partial charge is 0.458 e. The van der Waals surface area contributed by atoms with Crippen molar-refractivity contribution in [2.75, 3.05) is 52.2 Å². The van der Waals surface area contributed by atoms with Gasteiger partial charge in [-0.15, -0.1) is 0 Å². The van der Waals surface area contributed by atoms with Gasteiger partial charge in [0.25, 0.3) is 0 Å². The molecule has 4 heterocycles. The van der Waals surface area contributed by atoms with Crippen LogP contribution in [0, 0.1) is 13.8 Å². The number of cyclic esters (lactones) is 1. The topological polar surface area (TPSA) is 199 Å². The Morgan fingerprint density at radius 1 is 0.855 bits per heavy atom. The molecule has 0 saturated carbocycles. The number of anilines is 1. The molecule has 2 aromatic carbocycles. The smallest absolute Gasteiger partial charge is 0.329 e. The Labute approximate surface area is 363 Å². The van der Waals surface area contributed by atoms with Gasteiger partial charge in [-0.05, 0) is 91.6 Å². The number of piperidine rings is 1. The van der Waals surface area contributed by atoms with Crippen LogP contribution in [0.3, 0.4) is 0 Å². The fourth-order valence-corrected chi connectivity index (χ4v) is 8.74. The molecule has 6 rings (SSSR count). The monoisotopic (exact) mass is 858 g/mol. The molecule has 0 bridgehead atoms. The van der Waals surface area contributed by atoms with E-state index >= 15 is 4.79 Å². The molecule has 0 aliphatic carbocycles. The molecule has 4 saturated heterocycles. The van der Waals surface area contributed by atoms with Gasteiger partial charge < -0.3 is 50.3 Å². The van der Waals surface area contributed by atoms with Crippen molar-refractivity contribution in [3.63, 3.8) is 0 Å². The summed E-state index contributed by atoms with van der Waals surface area (Å²) in [5.74, 6) is -3.62. The number of nitrogens with one attached hydrogen (secondary N) is 4. The number of amides is 7. The summed E-state index contributed by atoms with van der Waals surface area (Å²) in [5, 5.41) is 11.2. The van der Waals surface area contributed by atoms with E-state index in [0.29, 0.717) is 50.9 Å². The predicted octanol–water partition coefficient (Wildman–Crippen LogP) is 1.89. The molecule has 2 aromatic rings. The fourth-order valence-electron chi connectivity index (χ4n) is 8.74. The lowest BCUT2D eigenvalue weighted by atomic mass is 9.98. The minimum Gasteiger partial charge on any atom is -0.458 e. The Kier molecular flexibility index (Phi) is 15.2. The predicted molar refractivity (Wildman–Crippen MR) is 230 cm³/mol. The summed E-state index contributed by atoms with van der Waals surface area (Å²) in [6, 6.07) is 7.26. The van der Waals surface area contributed by atoms with E-state index in [1.165, 1.54) is 21.6 Å². The van der Waals surface area contributed by atoms with Crippen LogP contribution in [0.1, 0.15) is 69.1 Å². The van der Waals surface area contributed by atoms with E-state index in [9.17, 15) is 28.8 Å². The van der Waals surface area contributed by atoms with Gasteiger partial charge in [0.2, 0.25) is 29.5 Å². The first-order chi connectivity index (χ1) is 29.6. The highest BCUT2D eigenvalue weighted by atomic mass is 16.5. The van der Waals surface area contributed by atoms with Crippen molar-refractivity contribution < 1.29 is 43.0 Å². The first kappa shape index (κ1) is 46.0. The SMILES string of the molecule is Cc1ccc(NC(=O)N[C@@H](Cc2cccc(C)c2)C(=O)N[C@@H]2C(=O)N3C[C@H](OCCN(C)C)C[C@H]3C(=O)N3CCCC[C@H]3C(=O)N[C@@H](C)C(=O)N3CCC[C@H]3C(=O)O[C@H]2C)cc1. The van der Waals surface area contributed by atoms with Crippen molar-refractivity contribution in [2.24, 2.45) is 0 Å². The highest BCUT2D eigenvalue weighted by Gasteiger charge is 2.49. The molecular formula is C45H62N8O9. The summed E-state index contributed by atoms with van der Waals surface area (Å²) in [4.78, 5) is 106. The molecule has 62 heavy (non-hydrogen) atoms. The van der Waals surface area contributed by atoms with E-state index in [1.807, 2.05) is 69.2 Å². The third-order valence-corrected chi connectivity index (χ3v) is 12.1. The number of benzene rings is 2. The summed E-state index contributed by atoms with van der Waals surface area (Å²) in [6.45, 7) is 8.30. The molecule has 7 amide bonds. The van der Waals surface area contributed by atoms with Gasteiger partial charge in [0.1, 0.15) is 42.4 Å². The van der Waals surface area contributed by atoms with Crippen LogP contribution in [0.2, 0.25) is 0 Å². The maximum absolute atomic E-state index is 15.2. The lowest BCUT2D eigenvalue weighted by Crippen LogP contribution is -2.63. The van der Waals surface area contributed by atoms with Crippen molar-refractivity contribution in [3.8, 4) is 0 Å². The van der Waals surface area contributed by atoms with Gasteiger partial charge >= 0.3 is 12.0 Å². The molecule has 4 N–H and O–H groups in total. The highest BCUT2D eigenvalue weighted by molar-refractivity contribution is 5.99. The first-order valence-electron chi connectivity index (χ1n) is 21.8. The molecule has 4 aliphatic rings. The van der Waals surface area contributed by atoms with Crippen LogP contribution < -0.4 is 21.3 Å². The number of urea groups is 1. The average molecular weight is 859 g/mol. The van der Waals surface area contributed by atoms with Gasteiger partial charge in [0, 0.05) is 44.7 Å². The minimum absolute atomic E-state index is 0.00766. The van der Waals surface area contributed by atoms with Crippen LogP contribution in [-0.4, -0.2) is 156 Å². The first-order valence-corrected chi connectivity index (χ1v) is 21.8. The number of aryl methyl sites for hydroxylation is 2. The molecule has 4 aliphatic heterocycles. The Bertz CT molecular complexity index is 1980. The molecule has 4 fully saturated rings. The van der Waals surface area contributed by atoms with Crippen molar-refractivity contribution in [3.05, 3.63) is 65.2 Å². The van der Waals surface area contributed by atoms with Crippen molar-refractivity contribution in [1.82, 2.24) is 35.6 Å². The van der Waals surface area contributed by atoms with E-state index in [0.717, 1.165) is 16.7 Å². The van der Waals surface area contributed by atoms with E-state index in [4.69, 9.17) is 9.47 Å². The standard InChI is InChI=1S/C45H62N8O9/c1-27-15-17-32(18-16-27)47-45(60)48-34(24-31-12-9-11-28(2)23-31)39(54)49-38-30(4)62-44(59)36-14-10-20-52(36)41(56)29(3)46-40(55)35-13-7-8-19-51(35)42(57)37-25-33(26-53(37)43(38)58)61-22-21-50(5)6/h9,11-12,15-18,23,29-30,33-38H,7-8,10,13-14,19-22,24-26H2,1-6H3,(H,46,55)(H,49,54)(H2,47,48,60)/t29-,30-,33+,34-,35-,36-,37-,38-/m0/s1. The van der Waals surface area contributed by atoms with Gasteiger partial charge in [-0.2, -0.15) is 0 Å². The number of nitrogens with zero attached hydrogens (tertiary/aromatic N) is 4. The molecule has 17 nitrogen and oxygen atoms in total. The number of ether oxygens (including phenoxy) is 2. The number of carbonyl (C=O) groups is 7. The number of hydrogen-bond acceptors (Lipinski definition) is 10. The quantitative estimate of drug-likeness (QED) is 0.256. The van der Waals surface area contributed by atoms with E-state index < -0.39 is 90.0 Å². The van der Waals surface area contributed by atoms with Crippen LogP contribution in [0.25, 0.3) is 0 Å². The number of hydrogen-bond donors (Lipinski definition) is 4. The van der Waals surface area contributed by atoms with Gasteiger partial charge in [0.05, 0.1) is 12.7 Å². The molecule has 0 spiro atoms. The third kappa shape index (κ3) is 11.3. The van der Waals surface area contributed by atoms with Crippen LogP contribution in [0.5, 0.6) is 0 Å². The average Bonchev–Trinajstić information content (AvgIpc) is 3.90. The number of rotatable bonds is 10. The number of fused-ring (bicyclic) bond motifs is 3. The molecule has 8 atom stereocenters. The zero-order valence-corrected chi connectivity index (χ0v) is 36.7. The van der Waals surface area contributed by atoms with E-state index in [1.54, 1.807) is 19.1 Å². The lowest BCUT2D eigenvalue weighted by Gasteiger charge is -2.39. The normalized spacial score (nSPS) is 26.6. The van der Waals surface area contributed by atoms with Gasteiger partial charge in [-0.25, -0.2) is 9.59 Å². The second-order valence-corrected chi connectivity index (χ2v) is 17.3. The summed E-state index contributed by atoms with van der Waals surface area (Å²) in [5.41, 5.74) is 3.18. The van der Waals surface area contributed by atoms with Crippen LogP contribution in [-0.2, 0) is 44.7 Å². The zero-order chi connectivity index (χ0) is 44.7. The van der Waals surface area contributed by atoms with Crippen LogP contribution in [0.15, 0.2) is 48.5 Å². The highest BCUT2D eigenvalue weighted by Crippen LogP contribution is 2.29. The Hall–Kier alpha value is -5.55. The Morgan fingerprint density at radius 3 is 2.29 bits per heavy atom. The molecular weight excluding hydrogens is 797 g/mol. The number of likely N-dealkylation sites (N-methyl/N-ethyl adjacent to an activating group) is 1. The minimum atomic E-state index is -1.54. The van der Waals surface area contributed by atoms with Crippen LogP contribution in [0.4, 0.5) is 10.5 Å². The lowest BCUT2D eigenvalue weighted by molar-refractivity contribution is -0.163.